The van der Waals surface area contributed by atoms with Crippen LogP contribution in [0.4, 0.5) is 4.39 Å². The molecule has 0 aliphatic rings. The molecule has 1 aromatic heterocycles. The third kappa shape index (κ3) is 1.37. The Hall–Kier alpha value is 0.570. The maximum Gasteiger partial charge on any atom is 0.138 e. The van der Waals surface area contributed by atoms with Crippen molar-refractivity contribution in [2.75, 3.05) is 0 Å². The molecule has 0 aliphatic heterocycles. The van der Waals surface area contributed by atoms with E-state index in [1.54, 1.807) is 17.4 Å². The summed E-state index contributed by atoms with van der Waals surface area (Å²) < 4.78 is 16.1. The molecule has 0 amide bonds. The zero-order valence-electron chi connectivity index (χ0n) is 5.77. The molecule has 1 aromatic carbocycles. The molecule has 62 valence electrons. The van der Waals surface area contributed by atoms with Gasteiger partial charge in [-0.3, -0.25) is 0 Å². The molecule has 0 spiro atoms. The van der Waals surface area contributed by atoms with Gasteiger partial charge in [0.1, 0.15) is 5.82 Å². The van der Waals surface area contributed by atoms with Gasteiger partial charge in [-0.25, -0.2) is 4.39 Å². The third-order valence-electron chi connectivity index (χ3n) is 1.58. The summed E-state index contributed by atoms with van der Waals surface area (Å²) in [6, 6.07) is 3.54. The van der Waals surface area contributed by atoms with E-state index in [4.69, 9.17) is 0 Å². The molecule has 0 nitrogen and oxygen atoms in total. The van der Waals surface area contributed by atoms with E-state index in [1.165, 1.54) is 4.70 Å². The van der Waals surface area contributed by atoms with Crippen molar-refractivity contribution in [2.45, 2.75) is 0 Å². The predicted molar refractivity (Wildman–Crippen MR) is 67.2 cm³/mol. The monoisotopic (exact) mass is 404 g/mol. The summed E-state index contributed by atoms with van der Waals surface area (Å²) in [5.74, 6) is -0.120. The van der Waals surface area contributed by atoms with Crippen molar-refractivity contribution in [3.8, 4) is 0 Å². The fraction of sp³-hybridized carbons (Fsp3) is 0. The average molecular weight is 404 g/mol. The first-order valence-electron chi connectivity index (χ1n) is 3.21. The van der Waals surface area contributed by atoms with Crippen LogP contribution >= 0.6 is 56.5 Å². The number of fused-ring (bicyclic) bond motifs is 1. The van der Waals surface area contributed by atoms with Gasteiger partial charge in [0.05, 0.1) is 3.57 Å². The Labute approximate surface area is 100 Å². The molecule has 0 unspecified atom stereocenters. The lowest BCUT2D eigenvalue weighted by Gasteiger charge is -1.99. The van der Waals surface area contributed by atoms with Gasteiger partial charge < -0.3 is 0 Å². The molecule has 0 radical (unpaired) electrons. The minimum absolute atomic E-state index is 0.120. The Morgan fingerprint density at radius 2 is 2.00 bits per heavy atom. The third-order valence-corrected chi connectivity index (χ3v) is 6.06. The van der Waals surface area contributed by atoms with Crippen LogP contribution in [0.3, 0.4) is 0 Å². The van der Waals surface area contributed by atoms with E-state index in [2.05, 4.69) is 22.6 Å². The van der Waals surface area contributed by atoms with Crippen molar-refractivity contribution in [1.29, 1.82) is 0 Å². The number of hydrogen-bond donors (Lipinski definition) is 0. The fourth-order valence-corrected chi connectivity index (χ4v) is 3.39. The van der Waals surface area contributed by atoms with Crippen LogP contribution in [-0.4, -0.2) is 0 Å². The lowest BCUT2D eigenvalue weighted by molar-refractivity contribution is 0.621. The Morgan fingerprint density at radius 3 is 2.75 bits per heavy atom. The zero-order valence-corrected chi connectivity index (χ0v) is 10.9. The molecular weight excluding hydrogens is 401 g/mol. The van der Waals surface area contributed by atoms with E-state index in [-0.39, 0.29) is 5.82 Å². The van der Waals surface area contributed by atoms with Crippen LogP contribution < -0.4 is 0 Å². The summed E-state index contributed by atoms with van der Waals surface area (Å²) in [6.07, 6.45) is 0. The lowest BCUT2D eigenvalue weighted by atomic mass is 10.3. The average Bonchev–Trinajstić information content (AvgIpc) is 2.48. The van der Waals surface area contributed by atoms with Gasteiger partial charge in [0, 0.05) is 8.27 Å². The highest BCUT2D eigenvalue weighted by atomic mass is 127. The molecule has 0 saturated heterocycles. The normalized spacial score (nSPS) is 10.9. The second-order valence-corrected chi connectivity index (χ2v) is 5.40. The van der Waals surface area contributed by atoms with Crippen LogP contribution in [0.2, 0.25) is 0 Å². The van der Waals surface area contributed by atoms with Gasteiger partial charge >= 0.3 is 0 Å². The Bertz CT molecular complexity index is 436. The molecule has 0 bridgehead atoms. The van der Waals surface area contributed by atoms with E-state index < -0.39 is 0 Å². The summed E-state index contributed by atoms with van der Waals surface area (Å²) in [4.78, 5) is 0. The first-order chi connectivity index (χ1) is 5.70. The van der Waals surface area contributed by atoms with Crippen LogP contribution in [0.5, 0.6) is 0 Å². The largest absolute Gasteiger partial charge is 0.206 e. The van der Waals surface area contributed by atoms with Crippen molar-refractivity contribution < 1.29 is 4.39 Å². The van der Waals surface area contributed by atoms with Crippen LogP contribution in [0, 0.1) is 13.0 Å². The van der Waals surface area contributed by atoms with Crippen molar-refractivity contribution in [1.82, 2.24) is 0 Å². The van der Waals surface area contributed by atoms with E-state index in [9.17, 15) is 4.39 Å². The second kappa shape index (κ2) is 3.38. The lowest BCUT2D eigenvalue weighted by Crippen LogP contribution is -1.85. The van der Waals surface area contributed by atoms with Gasteiger partial charge in [-0.15, -0.1) is 11.3 Å². The van der Waals surface area contributed by atoms with Gasteiger partial charge in [0.15, 0.2) is 0 Å². The maximum atomic E-state index is 13.2. The molecule has 0 atom stereocenters. The first-order valence-corrected chi connectivity index (χ1v) is 6.24. The number of thiophene rings is 1. The molecule has 1 heterocycles. The Balaban J connectivity index is 2.94. The SMILES string of the molecule is Fc1cc2ccsc2c(I)c1I. The summed E-state index contributed by atoms with van der Waals surface area (Å²) in [6.45, 7) is 0. The van der Waals surface area contributed by atoms with Crippen molar-refractivity contribution in [3.63, 3.8) is 0 Å². The smallest absolute Gasteiger partial charge is 0.138 e. The van der Waals surface area contributed by atoms with Gasteiger partial charge in [-0.05, 0) is 68.1 Å². The minimum atomic E-state index is -0.120. The molecule has 2 aromatic rings. The van der Waals surface area contributed by atoms with Crippen molar-refractivity contribution >= 4 is 66.6 Å². The first kappa shape index (κ1) is 9.14. The zero-order chi connectivity index (χ0) is 8.72. The van der Waals surface area contributed by atoms with Gasteiger partial charge in [-0.1, -0.05) is 0 Å². The topological polar surface area (TPSA) is 0 Å². The molecule has 12 heavy (non-hydrogen) atoms. The van der Waals surface area contributed by atoms with Crippen molar-refractivity contribution in [3.05, 3.63) is 30.5 Å². The van der Waals surface area contributed by atoms with E-state index in [0.29, 0.717) is 0 Å². The number of hydrogen-bond acceptors (Lipinski definition) is 1. The molecule has 4 heteroatoms. The highest BCUT2D eigenvalue weighted by molar-refractivity contribution is 14.1. The van der Waals surface area contributed by atoms with Crippen LogP contribution in [0.1, 0.15) is 0 Å². The number of rotatable bonds is 0. The molecule has 0 aliphatic carbocycles. The molecule has 0 saturated carbocycles. The summed E-state index contributed by atoms with van der Waals surface area (Å²) in [5, 5.41) is 2.99. The van der Waals surface area contributed by atoms with E-state index in [0.717, 1.165) is 12.5 Å². The minimum Gasteiger partial charge on any atom is -0.206 e. The quantitative estimate of drug-likeness (QED) is 0.455. The predicted octanol–water partition coefficient (Wildman–Crippen LogP) is 4.25. The summed E-state index contributed by atoms with van der Waals surface area (Å²) in [7, 11) is 0. The Kier molecular flexibility index (Phi) is 2.57. The number of halogens is 3. The van der Waals surface area contributed by atoms with E-state index in [1.807, 2.05) is 34.0 Å². The molecular formula is C8H3FI2S. The molecule has 2 rings (SSSR count). The fourth-order valence-electron chi connectivity index (χ4n) is 1.02. The second-order valence-electron chi connectivity index (χ2n) is 2.33. The van der Waals surface area contributed by atoms with E-state index >= 15 is 0 Å². The molecule has 0 N–H and O–H groups in total. The van der Waals surface area contributed by atoms with Gasteiger partial charge in [-0.2, -0.15) is 0 Å². The van der Waals surface area contributed by atoms with Crippen LogP contribution in [0.25, 0.3) is 10.1 Å². The summed E-state index contributed by atoms with van der Waals surface area (Å²) in [5.41, 5.74) is 0. The standard InChI is InChI=1S/C8H3FI2S/c9-5-3-4-1-2-12-8(4)7(11)6(5)10/h1-3H. The van der Waals surface area contributed by atoms with Crippen LogP contribution in [0.15, 0.2) is 17.5 Å². The van der Waals surface area contributed by atoms with Gasteiger partial charge in [0.2, 0.25) is 0 Å². The maximum absolute atomic E-state index is 13.2. The van der Waals surface area contributed by atoms with Crippen molar-refractivity contribution in [2.24, 2.45) is 0 Å². The Morgan fingerprint density at radius 1 is 1.25 bits per heavy atom. The van der Waals surface area contributed by atoms with Gasteiger partial charge in [0.25, 0.3) is 0 Å². The molecule has 0 fully saturated rings. The highest BCUT2D eigenvalue weighted by Crippen LogP contribution is 2.31. The summed E-state index contributed by atoms with van der Waals surface area (Å²) >= 11 is 5.88. The number of benzene rings is 1. The highest BCUT2D eigenvalue weighted by Gasteiger charge is 2.09. The van der Waals surface area contributed by atoms with Crippen LogP contribution in [-0.2, 0) is 0 Å².